The fourth-order valence-electron chi connectivity index (χ4n) is 1.36. The molecule has 72 valence electrons. The van der Waals surface area contributed by atoms with Gasteiger partial charge in [0.1, 0.15) is 0 Å². The van der Waals surface area contributed by atoms with Gasteiger partial charge < -0.3 is 10.2 Å². The van der Waals surface area contributed by atoms with Gasteiger partial charge in [-0.15, -0.1) is 0 Å². The van der Waals surface area contributed by atoms with Crippen molar-refractivity contribution >= 4 is 11.8 Å². The van der Waals surface area contributed by atoms with E-state index in [1.54, 1.807) is 12.2 Å². The summed E-state index contributed by atoms with van der Waals surface area (Å²) in [7, 11) is 0. The lowest BCUT2D eigenvalue weighted by Crippen LogP contribution is -2.19. The van der Waals surface area contributed by atoms with Crippen LogP contribution < -0.4 is 0 Å². The number of aliphatic hydroxyl groups excluding tert-OH is 1. The van der Waals surface area contributed by atoms with E-state index in [0.717, 1.165) is 0 Å². The lowest BCUT2D eigenvalue weighted by atomic mass is 9.90. The normalized spacial score (nSPS) is 27.2. The van der Waals surface area contributed by atoms with Gasteiger partial charge in [-0.25, -0.2) is 4.79 Å². The number of carboxylic acid groups (broad SMARTS) is 1. The summed E-state index contributed by atoms with van der Waals surface area (Å²) in [6.07, 6.45) is 4.22. The van der Waals surface area contributed by atoms with Gasteiger partial charge in [0.15, 0.2) is 0 Å². The Bertz CT molecular complexity index is 244. The molecule has 2 atom stereocenters. The first kappa shape index (κ1) is 9.92. The van der Waals surface area contributed by atoms with Crippen LogP contribution in [0.2, 0.25) is 0 Å². The van der Waals surface area contributed by atoms with E-state index < -0.39 is 17.9 Å². The Kier molecular flexibility index (Phi) is 3.19. The number of aliphatic carboxylic acids is 1. The Morgan fingerprint density at radius 1 is 1.31 bits per heavy atom. The van der Waals surface area contributed by atoms with E-state index >= 15 is 0 Å². The molecular formula is C9H12O4. The van der Waals surface area contributed by atoms with Crippen LogP contribution in [0.15, 0.2) is 12.2 Å². The summed E-state index contributed by atoms with van der Waals surface area (Å²) in [6.45, 7) is 0. The van der Waals surface area contributed by atoms with E-state index in [1.165, 1.54) is 0 Å². The summed E-state index contributed by atoms with van der Waals surface area (Å²) in [5, 5.41) is 17.4. The number of Topliss-reactive ketones (excluding diaryl/α,β-unsaturated/α-hetero) is 1. The van der Waals surface area contributed by atoms with Crippen LogP contribution in [0.4, 0.5) is 0 Å². The number of ketones is 1. The summed E-state index contributed by atoms with van der Waals surface area (Å²) in [5.41, 5.74) is 0. The van der Waals surface area contributed by atoms with Crippen molar-refractivity contribution in [2.75, 3.05) is 0 Å². The largest absolute Gasteiger partial charge is 0.476 e. The number of allylic oxidation sites excluding steroid dienone is 1. The summed E-state index contributed by atoms with van der Waals surface area (Å²) < 4.78 is 0. The number of rotatable bonds is 3. The predicted molar refractivity (Wildman–Crippen MR) is 45.1 cm³/mol. The molecule has 0 aliphatic heterocycles. The fourth-order valence-corrected chi connectivity index (χ4v) is 1.36. The van der Waals surface area contributed by atoms with E-state index in [4.69, 9.17) is 10.2 Å². The summed E-state index contributed by atoms with van der Waals surface area (Å²) in [4.78, 5) is 21.0. The highest BCUT2D eigenvalue weighted by atomic mass is 16.4. The van der Waals surface area contributed by atoms with E-state index in [-0.39, 0.29) is 12.3 Å². The van der Waals surface area contributed by atoms with Crippen molar-refractivity contribution in [3.63, 3.8) is 0 Å². The van der Waals surface area contributed by atoms with Crippen molar-refractivity contribution in [2.45, 2.75) is 25.4 Å². The minimum atomic E-state index is -1.38. The van der Waals surface area contributed by atoms with Gasteiger partial charge in [0, 0.05) is 6.42 Å². The molecule has 0 aromatic rings. The van der Waals surface area contributed by atoms with Crippen LogP contribution >= 0.6 is 0 Å². The number of carbonyl (C=O) groups is 2. The Morgan fingerprint density at radius 3 is 2.46 bits per heavy atom. The van der Waals surface area contributed by atoms with Crippen molar-refractivity contribution in [2.24, 2.45) is 5.92 Å². The highest BCUT2D eigenvalue weighted by Crippen LogP contribution is 2.20. The lowest BCUT2D eigenvalue weighted by molar-refractivity contribution is -0.149. The van der Waals surface area contributed by atoms with Gasteiger partial charge in [0.2, 0.25) is 5.78 Å². The molecule has 0 bridgehead atoms. The Hall–Kier alpha value is -1.16. The maximum Gasteiger partial charge on any atom is 0.372 e. The van der Waals surface area contributed by atoms with Crippen LogP contribution in [0.25, 0.3) is 0 Å². The van der Waals surface area contributed by atoms with Gasteiger partial charge in [0.05, 0.1) is 6.10 Å². The van der Waals surface area contributed by atoms with Crippen molar-refractivity contribution < 1.29 is 19.8 Å². The molecule has 0 spiro atoms. The van der Waals surface area contributed by atoms with Crippen LogP contribution in [-0.2, 0) is 9.59 Å². The molecule has 4 nitrogen and oxygen atoms in total. The van der Waals surface area contributed by atoms with Gasteiger partial charge in [-0.1, -0.05) is 12.2 Å². The van der Waals surface area contributed by atoms with Gasteiger partial charge in [-0.05, 0) is 18.8 Å². The quantitative estimate of drug-likeness (QED) is 0.490. The second kappa shape index (κ2) is 4.18. The average Bonchev–Trinajstić information content (AvgIpc) is 2.08. The number of aliphatic hydroxyl groups is 1. The SMILES string of the molecule is O=C(O)C(=O)CC1C=CC(O)CC1. The molecule has 4 heteroatoms. The minimum Gasteiger partial charge on any atom is -0.476 e. The van der Waals surface area contributed by atoms with Crippen molar-refractivity contribution in [1.82, 2.24) is 0 Å². The average molecular weight is 184 g/mol. The Balaban J connectivity index is 2.43. The third-order valence-electron chi connectivity index (χ3n) is 2.12. The molecule has 0 saturated carbocycles. The van der Waals surface area contributed by atoms with Gasteiger partial charge in [-0.3, -0.25) is 4.79 Å². The molecule has 0 fully saturated rings. The van der Waals surface area contributed by atoms with Crippen molar-refractivity contribution in [1.29, 1.82) is 0 Å². The first-order valence-corrected chi connectivity index (χ1v) is 4.22. The molecule has 0 aromatic heterocycles. The summed E-state index contributed by atoms with van der Waals surface area (Å²) in [6, 6.07) is 0. The maximum absolute atomic E-state index is 10.8. The minimum absolute atomic E-state index is 0.0213. The highest BCUT2D eigenvalue weighted by molar-refractivity contribution is 6.32. The third kappa shape index (κ3) is 2.99. The Morgan fingerprint density at radius 2 is 2.00 bits per heavy atom. The zero-order chi connectivity index (χ0) is 9.84. The topological polar surface area (TPSA) is 74.6 Å². The fraction of sp³-hybridized carbons (Fsp3) is 0.556. The molecule has 0 amide bonds. The third-order valence-corrected chi connectivity index (χ3v) is 2.12. The second-order valence-electron chi connectivity index (χ2n) is 3.22. The van der Waals surface area contributed by atoms with Gasteiger partial charge in [-0.2, -0.15) is 0 Å². The van der Waals surface area contributed by atoms with Crippen LogP contribution in [-0.4, -0.2) is 28.1 Å². The van der Waals surface area contributed by atoms with Crippen LogP contribution in [0.1, 0.15) is 19.3 Å². The summed E-state index contributed by atoms with van der Waals surface area (Å²) >= 11 is 0. The van der Waals surface area contributed by atoms with E-state index in [0.29, 0.717) is 12.8 Å². The molecule has 2 N–H and O–H groups in total. The van der Waals surface area contributed by atoms with Crippen LogP contribution in [0.5, 0.6) is 0 Å². The van der Waals surface area contributed by atoms with E-state index in [9.17, 15) is 9.59 Å². The number of hydrogen-bond donors (Lipinski definition) is 2. The molecule has 2 unspecified atom stereocenters. The monoisotopic (exact) mass is 184 g/mol. The summed E-state index contributed by atoms with van der Waals surface area (Å²) in [5.74, 6) is -2.16. The standard InChI is InChI=1S/C9H12O4/c10-7-3-1-6(2-4-7)5-8(11)9(12)13/h1,3,6-7,10H,2,4-5H2,(H,12,13). The molecule has 1 aliphatic rings. The molecule has 13 heavy (non-hydrogen) atoms. The molecule has 1 aliphatic carbocycles. The van der Waals surface area contributed by atoms with Crippen LogP contribution in [0, 0.1) is 5.92 Å². The van der Waals surface area contributed by atoms with Crippen molar-refractivity contribution in [3.8, 4) is 0 Å². The van der Waals surface area contributed by atoms with Gasteiger partial charge >= 0.3 is 5.97 Å². The first-order chi connectivity index (χ1) is 6.09. The number of carboxylic acids is 1. The number of carbonyl (C=O) groups excluding carboxylic acids is 1. The predicted octanol–water partition coefficient (Wildman–Crippen LogP) is 0.357. The van der Waals surface area contributed by atoms with E-state index in [2.05, 4.69) is 0 Å². The van der Waals surface area contributed by atoms with Crippen LogP contribution in [0.3, 0.4) is 0 Å². The highest BCUT2D eigenvalue weighted by Gasteiger charge is 2.20. The smallest absolute Gasteiger partial charge is 0.372 e. The van der Waals surface area contributed by atoms with E-state index in [1.807, 2.05) is 0 Å². The molecule has 1 rings (SSSR count). The molecule has 0 aromatic carbocycles. The zero-order valence-corrected chi connectivity index (χ0v) is 7.14. The molecule has 0 heterocycles. The number of hydrogen-bond acceptors (Lipinski definition) is 3. The van der Waals surface area contributed by atoms with Gasteiger partial charge in [0.25, 0.3) is 0 Å². The first-order valence-electron chi connectivity index (χ1n) is 4.22. The maximum atomic E-state index is 10.8. The molecule has 0 saturated heterocycles. The molecule has 0 radical (unpaired) electrons. The second-order valence-corrected chi connectivity index (χ2v) is 3.22. The van der Waals surface area contributed by atoms with Crippen molar-refractivity contribution in [3.05, 3.63) is 12.2 Å². The zero-order valence-electron chi connectivity index (χ0n) is 7.14. The lowest BCUT2D eigenvalue weighted by Gasteiger charge is -2.17. The molecular weight excluding hydrogens is 172 g/mol. The Labute approximate surface area is 75.9 Å².